The molecule has 1 rings (SSSR count). The highest BCUT2D eigenvalue weighted by Gasteiger charge is 2.16. The average molecular weight is 300 g/mol. The van der Waals surface area contributed by atoms with Gasteiger partial charge < -0.3 is 9.80 Å². The number of rotatable bonds is 3. The zero-order chi connectivity index (χ0) is 13.0. The third kappa shape index (κ3) is 3.81. The zero-order valence-corrected chi connectivity index (χ0v) is 11.6. The van der Waals surface area contributed by atoms with Crippen LogP contribution in [0.3, 0.4) is 0 Å². The predicted molar refractivity (Wildman–Crippen MR) is 67.6 cm³/mol. The molecule has 1 aromatic heterocycles. The van der Waals surface area contributed by atoms with Gasteiger partial charge in [-0.2, -0.15) is 0 Å². The first-order valence-electron chi connectivity index (χ1n) is 4.99. The summed E-state index contributed by atoms with van der Waals surface area (Å²) in [5, 5.41) is 0. The van der Waals surface area contributed by atoms with Crippen molar-refractivity contribution in [2.75, 3.05) is 27.7 Å². The van der Waals surface area contributed by atoms with Gasteiger partial charge in [-0.1, -0.05) is 0 Å². The van der Waals surface area contributed by atoms with Gasteiger partial charge in [0, 0.05) is 32.9 Å². The summed E-state index contributed by atoms with van der Waals surface area (Å²) in [5.74, 6) is -0.322. The summed E-state index contributed by atoms with van der Waals surface area (Å²) in [6, 6.07) is 3.24. The van der Waals surface area contributed by atoms with E-state index in [0.29, 0.717) is 10.2 Å². The molecule has 0 aliphatic heterocycles. The molecular formula is C11H14BrN3O2. The molecule has 0 atom stereocenters. The molecule has 0 bridgehead atoms. The molecule has 1 aromatic rings. The molecule has 0 aliphatic rings. The lowest BCUT2D eigenvalue weighted by Gasteiger charge is -2.19. The first-order chi connectivity index (χ1) is 7.91. The van der Waals surface area contributed by atoms with Crippen molar-refractivity contribution < 1.29 is 9.59 Å². The lowest BCUT2D eigenvalue weighted by molar-refractivity contribution is -0.129. The molecule has 0 N–H and O–H groups in total. The van der Waals surface area contributed by atoms with Gasteiger partial charge in [0.1, 0.15) is 4.60 Å². The summed E-state index contributed by atoms with van der Waals surface area (Å²) < 4.78 is 0.593. The van der Waals surface area contributed by atoms with Crippen molar-refractivity contribution in [1.29, 1.82) is 0 Å². The molecule has 0 saturated heterocycles. The highest BCUT2D eigenvalue weighted by Crippen LogP contribution is 2.09. The number of amides is 2. The van der Waals surface area contributed by atoms with Crippen LogP contribution >= 0.6 is 15.9 Å². The third-order valence-electron chi connectivity index (χ3n) is 2.19. The van der Waals surface area contributed by atoms with Gasteiger partial charge in [-0.15, -0.1) is 0 Å². The fourth-order valence-electron chi connectivity index (χ4n) is 1.17. The summed E-state index contributed by atoms with van der Waals surface area (Å²) in [6.45, 7) is 0.0613. The largest absolute Gasteiger partial charge is 0.347 e. The van der Waals surface area contributed by atoms with Crippen LogP contribution in [-0.4, -0.2) is 54.3 Å². The summed E-state index contributed by atoms with van der Waals surface area (Å²) >= 11 is 3.20. The molecule has 0 spiro atoms. The van der Waals surface area contributed by atoms with Gasteiger partial charge in [-0.25, -0.2) is 4.98 Å². The Morgan fingerprint density at radius 3 is 2.53 bits per heavy atom. The van der Waals surface area contributed by atoms with Crippen LogP contribution in [0, 0.1) is 0 Å². The number of halogens is 1. The number of hydrogen-bond acceptors (Lipinski definition) is 3. The zero-order valence-electron chi connectivity index (χ0n) is 9.98. The first kappa shape index (κ1) is 13.6. The second-order valence-corrected chi connectivity index (χ2v) is 4.63. The lowest BCUT2D eigenvalue weighted by Crippen LogP contribution is -2.37. The standard InChI is InChI=1S/C11H14BrN3O2/c1-14(2)10(16)7-15(3)11(17)8-4-5-13-9(12)6-8/h4-6H,7H2,1-3H3. The molecule has 5 nitrogen and oxygen atoms in total. The van der Waals surface area contributed by atoms with Gasteiger partial charge in [0.05, 0.1) is 6.54 Å². The Morgan fingerprint density at radius 2 is 2.00 bits per heavy atom. The predicted octanol–water partition coefficient (Wildman–Crippen LogP) is 1.00. The van der Waals surface area contributed by atoms with Crippen LogP contribution < -0.4 is 0 Å². The van der Waals surface area contributed by atoms with E-state index in [1.165, 1.54) is 9.80 Å². The second kappa shape index (κ2) is 5.77. The fraction of sp³-hybridized carbons (Fsp3) is 0.364. The van der Waals surface area contributed by atoms with E-state index in [2.05, 4.69) is 20.9 Å². The molecule has 1 heterocycles. The highest BCUT2D eigenvalue weighted by atomic mass is 79.9. The molecule has 0 aliphatic carbocycles. The summed E-state index contributed by atoms with van der Waals surface area (Å²) in [4.78, 5) is 30.2. The quantitative estimate of drug-likeness (QED) is 0.783. The van der Waals surface area contributed by atoms with E-state index in [9.17, 15) is 9.59 Å². The van der Waals surface area contributed by atoms with E-state index in [0.717, 1.165) is 0 Å². The SMILES string of the molecule is CN(C)C(=O)CN(C)C(=O)c1ccnc(Br)c1. The summed E-state index contributed by atoms with van der Waals surface area (Å²) in [6.07, 6.45) is 1.54. The Kier molecular flexibility index (Phi) is 4.62. The Hall–Kier alpha value is -1.43. The average Bonchev–Trinajstić information content (AvgIpc) is 2.27. The van der Waals surface area contributed by atoms with Crippen molar-refractivity contribution in [1.82, 2.24) is 14.8 Å². The van der Waals surface area contributed by atoms with E-state index < -0.39 is 0 Å². The number of hydrogen-bond donors (Lipinski definition) is 0. The normalized spacial score (nSPS) is 9.88. The number of nitrogens with zero attached hydrogens (tertiary/aromatic N) is 3. The first-order valence-corrected chi connectivity index (χ1v) is 5.78. The molecule has 92 valence electrons. The number of likely N-dealkylation sites (N-methyl/N-ethyl adjacent to an activating group) is 2. The van der Waals surface area contributed by atoms with Crippen LogP contribution in [0.2, 0.25) is 0 Å². The van der Waals surface area contributed by atoms with Crippen molar-refractivity contribution in [3.05, 3.63) is 28.5 Å². The molecule has 6 heteroatoms. The minimum Gasteiger partial charge on any atom is -0.347 e. The number of carbonyl (C=O) groups excluding carboxylic acids is 2. The molecular weight excluding hydrogens is 286 g/mol. The molecule has 0 aromatic carbocycles. The minimum absolute atomic E-state index is 0.0613. The smallest absolute Gasteiger partial charge is 0.254 e. The fourth-order valence-corrected chi connectivity index (χ4v) is 1.54. The van der Waals surface area contributed by atoms with E-state index in [4.69, 9.17) is 0 Å². The monoisotopic (exact) mass is 299 g/mol. The molecule has 17 heavy (non-hydrogen) atoms. The lowest BCUT2D eigenvalue weighted by atomic mass is 10.2. The molecule has 0 fully saturated rings. The van der Waals surface area contributed by atoms with Gasteiger partial charge in [-0.3, -0.25) is 9.59 Å². The Balaban J connectivity index is 2.73. The van der Waals surface area contributed by atoms with Gasteiger partial charge in [0.2, 0.25) is 5.91 Å². The van der Waals surface area contributed by atoms with Crippen molar-refractivity contribution in [2.45, 2.75) is 0 Å². The second-order valence-electron chi connectivity index (χ2n) is 3.82. The minimum atomic E-state index is -0.205. The Morgan fingerprint density at radius 1 is 1.35 bits per heavy atom. The van der Waals surface area contributed by atoms with Crippen LogP contribution in [0.5, 0.6) is 0 Å². The maximum absolute atomic E-state index is 12.0. The van der Waals surface area contributed by atoms with E-state index in [1.54, 1.807) is 39.5 Å². The molecule has 0 saturated carbocycles. The van der Waals surface area contributed by atoms with E-state index >= 15 is 0 Å². The van der Waals surface area contributed by atoms with Gasteiger partial charge in [-0.05, 0) is 28.1 Å². The van der Waals surface area contributed by atoms with Crippen LogP contribution in [0.25, 0.3) is 0 Å². The van der Waals surface area contributed by atoms with Gasteiger partial charge >= 0.3 is 0 Å². The Bertz CT molecular complexity index is 434. The van der Waals surface area contributed by atoms with Crippen LogP contribution in [0.15, 0.2) is 22.9 Å². The molecule has 2 amide bonds. The maximum Gasteiger partial charge on any atom is 0.254 e. The van der Waals surface area contributed by atoms with Crippen molar-refractivity contribution in [3.63, 3.8) is 0 Å². The van der Waals surface area contributed by atoms with E-state index in [-0.39, 0.29) is 18.4 Å². The van der Waals surface area contributed by atoms with Crippen LogP contribution in [-0.2, 0) is 4.79 Å². The molecule has 0 unspecified atom stereocenters. The topological polar surface area (TPSA) is 53.5 Å². The van der Waals surface area contributed by atoms with Crippen molar-refractivity contribution >= 4 is 27.7 Å². The van der Waals surface area contributed by atoms with Crippen molar-refractivity contribution in [2.24, 2.45) is 0 Å². The van der Waals surface area contributed by atoms with Crippen molar-refractivity contribution in [3.8, 4) is 0 Å². The number of pyridine rings is 1. The number of carbonyl (C=O) groups is 2. The third-order valence-corrected chi connectivity index (χ3v) is 2.63. The number of aromatic nitrogens is 1. The van der Waals surface area contributed by atoms with Gasteiger partial charge in [0.15, 0.2) is 0 Å². The summed E-state index contributed by atoms with van der Waals surface area (Å²) in [5.41, 5.74) is 0.501. The maximum atomic E-state index is 12.0. The Labute approximate surface area is 109 Å². The van der Waals surface area contributed by atoms with Gasteiger partial charge in [0.25, 0.3) is 5.91 Å². The van der Waals surface area contributed by atoms with E-state index in [1.807, 2.05) is 0 Å². The van der Waals surface area contributed by atoms with Crippen LogP contribution in [0.4, 0.5) is 0 Å². The molecule has 0 radical (unpaired) electrons. The highest BCUT2D eigenvalue weighted by molar-refractivity contribution is 9.10. The van der Waals surface area contributed by atoms with Crippen LogP contribution in [0.1, 0.15) is 10.4 Å². The summed E-state index contributed by atoms with van der Waals surface area (Å²) in [7, 11) is 4.91.